The molecule has 38 heavy (non-hydrogen) atoms. The van der Waals surface area contributed by atoms with E-state index in [1.807, 2.05) is 17.0 Å². The van der Waals surface area contributed by atoms with Gasteiger partial charge in [-0.05, 0) is 56.5 Å². The zero-order chi connectivity index (χ0) is 27.1. The van der Waals surface area contributed by atoms with Crippen molar-refractivity contribution in [3.63, 3.8) is 0 Å². The number of likely N-dealkylation sites (tertiary alicyclic amines) is 1. The van der Waals surface area contributed by atoms with Crippen molar-refractivity contribution in [2.24, 2.45) is 0 Å². The Morgan fingerprint density at radius 1 is 1.18 bits per heavy atom. The number of aryl methyl sites for hydroxylation is 1. The number of rotatable bonds is 5. The maximum absolute atomic E-state index is 12.8. The van der Waals surface area contributed by atoms with E-state index in [0.29, 0.717) is 18.7 Å². The summed E-state index contributed by atoms with van der Waals surface area (Å²) < 4.78 is 39.7. The third-order valence-electron chi connectivity index (χ3n) is 6.57. The fraction of sp³-hybridized carbons (Fsp3) is 0.393. The number of thiophene rings is 1. The first-order valence-electron chi connectivity index (χ1n) is 12.7. The lowest BCUT2D eigenvalue weighted by Crippen LogP contribution is -2.34. The van der Waals surface area contributed by atoms with Crippen molar-refractivity contribution in [1.82, 2.24) is 19.6 Å². The van der Waals surface area contributed by atoms with E-state index in [1.165, 1.54) is 45.5 Å². The summed E-state index contributed by atoms with van der Waals surface area (Å²) in [6.45, 7) is 6.74. The molecule has 0 unspecified atom stereocenters. The Hall–Kier alpha value is -3.42. The zero-order valence-corrected chi connectivity index (χ0v) is 22.1. The Bertz CT molecular complexity index is 1300. The van der Waals surface area contributed by atoms with Gasteiger partial charge in [-0.2, -0.15) is 23.5 Å². The molecule has 1 amide bonds. The van der Waals surface area contributed by atoms with Crippen molar-refractivity contribution < 1.29 is 18.0 Å². The van der Waals surface area contributed by atoms with Crippen LogP contribution in [-0.2, 0) is 30.5 Å². The molecule has 5 rings (SSSR count). The number of hydrogen-bond acceptors (Lipinski definition) is 5. The molecule has 4 heterocycles. The number of amides is 1. The second kappa shape index (κ2) is 12.4. The van der Waals surface area contributed by atoms with Crippen LogP contribution in [-0.4, -0.2) is 51.7 Å². The molecule has 0 atom stereocenters. The normalized spacial score (nSPS) is 15.7. The average molecular weight is 542 g/mol. The highest BCUT2D eigenvalue weighted by atomic mass is 32.1. The van der Waals surface area contributed by atoms with E-state index in [1.54, 1.807) is 43.3 Å². The highest BCUT2D eigenvalue weighted by Crippen LogP contribution is 2.36. The summed E-state index contributed by atoms with van der Waals surface area (Å²) in [5.41, 5.74) is 1.06. The second-order valence-electron chi connectivity index (χ2n) is 9.20. The standard InChI is InChI=1S/C16H19N3OS.C12H11F3N2/c17-11-14-10-13-5-9-19(12-15(13)21-14)16(20)4-3-8-18-6-1-2-7-18;1-2-17-8-10(9-6-4-3-5-7-9)11(16-17)12(13,14)15/h3-4,10H,1-2,5-9,12H2;3-8H,2H2,1H3/b4-3+;. The van der Waals surface area contributed by atoms with Gasteiger partial charge in [-0.15, -0.1) is 11.3 Å². The fourth-order valence-corrected chi connectivity index (χ4v) is 5.58. The largest absolute Gasteiger partial charge is 0.435 e. The summed E-state index contributed by atoms with van der Waals surface area (Å²) in [6, 6.07) is 12.6. The molecule has 1 aromatic carbocycles. The second-order valence-corrected chi connectivity index (χ2v) is 10.3. The number of benzene rings is 1. The van der Waals surface area contributed by atoms with Crippen molar-refractivity contribution in [2.75, 3.05) is 26.2 Å². The van der Waals surface area contributed by atoms with E-state index >= 15 is 0 Å². The van der Waals surface area contributed by atoms with Crippen LogP contribution < -0.4 is 0 Å². The van der Waals surface area contributed by atoms with Crippen LogP contribution in [0.15, 0.2) is 54.7 Å². The van der Waals surface area contributed by atoms with Crippen molar-refractivity contribution >= 4 is 17.2 Å². The lowest BCUT2D eigenvalue weighted by atomic mass is 10.1. The Morgan fingerprint density at radius 3 is 2.58 bits per heavy atom. The Morgan fingerprint density at radius 2 is 1.92 bits per heavy atom. The van der Waals surface area contributed by atoms with Crippen LogP contribution in [0.1, 0.15) is 40.8 Å². The molecule has 1 saturated heterocycles. The molecule has 3 aromatic rings. The summed E-state index contributed by atoms with van der Waals surface area (Å²) in [5, 5.41) is 12.5. The average Bonchev–Trinajstić information content (AvgIpc) is 3.68. The molecule has 200 valence electrons. The molecule has 0 bridgehead atoms. The van der Waals surface area contributed by atoms with Gasteiger partial charge in [0.2, 0.25) is 5.91 Å². The molecule has 1 fully saturated rings. The lowest BCUT2D eigenvalue weighted by Gasteiger charge is -2.25. The van der Waals surface area contributed by atoms with Crippen LogP contribution in [0.5, 0.6) is 0 Å². The van der Waals surface area contributed by atoms with Crippen molar-refractivity contribution in [2.45, 2.75) is 45.5 Å². The van der Waals surface area contributed by atoms with E-state index < -0.39 is 11.9 Å². The number of carbonyl (C=O) groups excluding carboxylic acids is 1. The number of halogens is 3. The maximum Gasteiger partial charge on any atom is 0.435 e. The van der Waals surface area contributed by atoms with Crippen LogP contribution in [0, 0.1) is 11.3 Å². The van der Waals surface area contributed by atoms with E-state index in [0.717, 1.165) is 37.5 Å². The van der Waals surface area contributed by atoms with Crippen LogP contribution in [0.3, 0.4) is 0 Å². The van der Waals surface area contributed by atoms with Crippen LogP contribution in [0.2, 0.25) is 0 Å². The molecule has 6 nitrogen and oxygen atoms in total. The monoisotopic (exact) mass is 541 g/mol. The predicted molar refractivity (Wildman–Crippen MR) is 141 cm³/mol. The molecule has 0 N–H and O–H groups in total. The fourth-order valence-electron chi connectivity index (χ4n) is 4.56. The number of alkyl halides is 3. The van der Waals surface area contributed by atoms with Gasteiger partial charge in [-0.1, -0.05) is 36.4 Å². The van der Waals surface area contributed by atoms with Gasteiger partial charge in [0.1, 0.15) is 10.9 Å². The summed E-state index contributed by atoms with van der Waals surface area (Å²) in [5.74, 6) is 0.0896. The smallest absolute Gasteiger partial charge is 0.334 e. The number of nitrogens with zero attached hydrogens (tertiary/aromatic N) is 5. The summed E-state index contributed by atoms with van der Waals surface area (Å²) in [4.78, 5) is 18.4. The quantitative estimate of drug-likeness (QED) is 0.386. The van der Waals surface area contributed by atoms with E-state index in [-0.39, 0.29) is 11.5 Å². The molecule has 0 saturated carbocycles. The molecular formula is C28H30F3N5OS. The third-order valence-corrected chi connectivity index (χ3v) is 7.63. The highest BCUT2D eigenvalue weighted by Gasteiger charge is 2.37. The molecule has 0 aliphatic carbocycles. The van der Waals surface area contributed by atoms with Crippen LogP contribution in [0.25, 0.3) is 11.1 Å². The Labute approximate surface area is 224 Å². The van der Waals surface area contributed by atoms with Gasteiger partial charge in [-0.25, -0.2) is 0 Å². The van der Waals surface area contributed by atoms with E-state index in [4.69, 9.17) is 5.26 Å². The van der Waals surface area contributed by atoms with Gasteiger partial charge < -0.3 is 4.90 Å². The van der Waals surface area contributed by atoms with Gasteiger partial charge in [0.25, 0.3) is 0 Å². The molecule has 2 aliphatic heterocycles. The van der Waals surface area contributed by atoms with E-state index in [2.05, 4.69) is 16.1 Å². The number of aromatic nitrogens is 2. The molecular weight excluding hydrogens is 511 g/mol. The first kappa shape index (κ1) is 27.6. The number of hydrogen-bond donors (Lipinski definition) is 0. The van der Waals surface area contributed by atoms with E-state index in [9.17, 15) is 18.0 Å². The van der Waals surface area contributed by atoms with Gasteiger partial charge in [0.15, 0.2) is 5.69 Å². The SMILES string of the molecule is CCn1cc(-c2ccccc2)c(C(F)(F)F)n1.N#Cc1cc2c(s1)CN(C(=O)/C=C/CN1CCCC1)CC2. The number of nitriles is 1. The highest BCUT2D eigenvalue weighted by molar-refractivity contribution is 7.12. The van der Waals surface area contributed by atoms with Gasteiger partial charge in [-0.3, -0.25) is 14.4 Å². The molecule has 2 aromatic heterocycles. The van der Waals surface area contributed by atoms with Crippen LogP contribution >= 0.6 is 11.3 Å². The molecule has 0 spiro atoms. The van der Waals surface area contributed by atoms with Gasteiger partial charge in [0, 0.05) is 42.3 Å². The first-order valence-corrected chi connectivity index (χ1v) is 13.5. The summed E-state index contributed by atoms with van der Waals surface area (Å²) in [7, 11) is 0. The Balaban J connectivity index is 0.000000181. The van der Waals surface area contributed by atoms with Crippen LogP contribution in [0.4, 0.5) is 13.2 Å². The third kappa shape index (κ3) is 6.91. The molecule has 0 radical (unpaired) electrons. The number of fused-ring (bicyclic) bond motifs is 1. The topological polar surface area (TPSA) is 65.2 Å². The minimum absolute atomic E-state index is 0.0896. The predicted octanol–water partition coefficient (Wildman–Crippen LogP) is 5.75. The lowest BCUT2D eigenvalue weighted by molar-refractivity contribution is -0.141. The van der Waals surface area contributed by atoms with Gasteiger partial charge >= 0.3 is 6.18 Å². The summed E-state index contributed by atoms with van der Waals surface area (Å²) in [6.07, 6.45) is 4.11. The maximum atomic E-state index is 12.8. The minimum Gasteiger partial charge on any atom is -0.334 e. The zero-order valence-electron chi connectivity index (χ0n) is 21.2. The Kier molecular flexibility index (Phi) is 9.02. The number of carbonyl (C=O) groups is 1. The van der Waals surface area contributed by atoms with Crippen molar-refractivity contribution in [1.29, 1.82) is 5.26 Å². The first-order chi connectivity index (χ1) is 18.3. The van der Waals surface area contributed by atoms with Gasteiger partial charge in [0.05, 0.1) is 6.54 Å². The van der Waals surface area contributed by atoms with Crippen molar-refractivity contribution in [3.8, 4) is 17.2 Å². The minimum atomic E-state index is -4.43. The van der Waals surface area contributed by atoms with Crippen molar-refractivity contribution in [3.05, 3.63) is 75.8 Å². The summed E-state index contributed by atoms with van der Waals surface area (Å²) >= 11 is 1.51. The molecule has 10 heteroatoms. The molecule has 2 aliphatic rings.